The summed E-state index contributed by atoms with van der Waals surface area (Å²) in [5.74, 6) is 1.00. The van der Waals surface area contributed by atoms with Gasteiger partial charge in [-0.25, -0.2) is 0 Å². The molecule has 2 rings (SSSR count). The van der Waals surface area contributed by atoms with E-state index in [0.29, 0.717) is 0 Å². The molecule has 1 fully saturated rings. The molecule has 1 heterocycles. The fourth-order valence-electron chi connectivity index (χ4n) is 2.48. The third-order valence-electron chi connectivity index (χ3n) is 3.15. The summed E-state index contributed by atoms with van der Waals surface area (Å²) >= 11 is 0. The molecule has 17 heavy (non-hydrogen) atoms. The molecule has 3 nitrogen and oxygen atoms in total. The van der Waals surface area contributed by atoms with Crippen molar-refractivity contribution in [2.24, 2.45) is 0 Å². The van der Waals surface area contributed by atoms with Crippen LogP contribution in [0, 0.1) is 13.8 Å². The first kappa shape index (κ1) is 12.4. The lowest BCUT2D eigenvalue weighted by atomic mass is 10.00. The first-order valence-electron chi connectivity index (χ1n) is 6.17. The van der Waals surface area contributed by atoms with Crippen molar-refractivity contribution in [3.63, 3.8) is 0 Å². The van der Waals surface area contributed by atoms with Gasteiger partial charge in [0.25, 0.3) is 0 Å². The van der Waals surface area contributed by atoms with Crippen molar-refractivity contribution in [1.29, 1.82) is 0 Å². The van der Waals surface area contributed by atoms with Gasteiger partial charge in [-0.1, -0.05) is 17.7 Å². The lowest BCUT2D eigenvalue weighted by Gasteiger charge is -2.24. The van der Waals surface area contributed by atoms with Gasteiger partial charge in [-0.3, -0.25) is 0 Å². The van der Waals surface area contributed by atoms with Gasteiger partial charge in [-0.15, -0.1) is 0 Å². The van der Waals surface area contributed by atoms with E-state index in [9.17, 15) is 0 Å². The van der Waals surface area contributed by atoms with E-state index in [2.05, 4.69) is 31.3 Å². The van der Waals surface area contributed by atoms with Crippen LogP contribution in [-0.2, 0) is 11.2 Å². The lowest BCUT2D eigenvalue weighted by Crippen LogP contribution is -2.39. The Hall–Kier alpha value is -1.06. The summed E-state index contributed by atoms with van der Waals surface area (Å²) in [6.45, 7) is 6.90. The molecule has 1 aliphatic heterocycles. The SMILES string of the molecule is COc1c(C)cc(C)cc1CC1CNCCO1. The van der Waals surface area contributed by atoms with Crippen molar-refractivity contribution >= 4 is 0 Å². The second kappa shape index (κ2) is 5.52. The average molecular weight is 235 g/mol. The van der Waals surface area contributed by atoms with Crippen molar-refractivity contribution < 1.29 is 9.47 Å². The topological polar surface area (TPSA) is 30.5 Å². The number of aryl methyl sites for hydroxylation is 2. The highest BCUT2D eigenvalue weighted by molar-refractivity contribution is 5.44. The van der Waals surface area contributed by atoms with Gasteiger partial charge < -0.3 is 14.8 Å². The van der Waals surface area contributed by atoms with Crippen LogP contribution in [-0.4, -0.2) is 32.9 Å². The van der Waals surface area contributed by atoms with Gasteiger partial charge in [0.05, 0.1) is 19.8 Å². The van der Waals surface area contributed by atoms with E-state index < -0.39 is 0 Å². The van der Waals surface area contributed by atoms with Crippen LogP contribution in [0.2, 0.25) is 0 Å². The van der Waals surface area contributed by atoms with Crippen LogP contribution < -0.4 is 10.1 Å². The molecule has 1 atom stereocenters. The molecule has 1 aromatic rings. The fourth-order valence-corrected chi connectivity index (χ4v) is 2.48. The van der Waals surface area contributed by atoms with Crippen LogP contribution in [0.4, 0.5) is 0 Å². The van der Waals surface area contributed by atoms with Gasteiger partial charge in [0.1, 0.15) is 5.75 Å². The minimum absolute atomic E-state index is 0.263. The molecule has 0 aliphatic carbocycles. The Labute approximate surface area is 103 Å². The summed E-state index contributed by atoms with van der Waals surface area (Å²) in [6.07, 6.45) is 1.18. The molecule has 3 heteroatoms. The number of morpholine rings is 1. The number of nitrogens with one attached hydrogen (secondary N) is 1. The van der Waals surface area contributed by atoms with E-state index in [1.807, 2.05) is 0 Å². The predicted octanol–water partition coefficient (Wildman–Crippen LogP) is 1.84. The van der Waals surface area contributed by atoms with Crippen molar-refractivity contribution in [1.82, 2.24) is 5.32 Å². The fraction of sp³-hybridized carbons (Fsp3) is 0.571. The zero-order valence-electron chi connectivity index (χ0n) is 10.9. The molecular weight excluding hydrogens is 214 g/mol. The quantitative estimate of drug-likeness (QED) is 0.867. The summed E-state index contributed by atoms with van der Waals surface area (Å²) in [6, 6.07) is 4.35. The molecule has 1 N–H and O–H groups in total. The van der Waals surface area contributed by atoms with Crippen LogP contribution in [0.15, 0.2) is 12.1 Å². The number of rotatable bonds is 3. The molecule has 0 radical (unpaired) electrons. The molecule has 0 aromatic heterocycles. The van der Waals surface area contributed by atoms with Crippen LogP contribution in [0.25, 0.3) is 0 Å². The zero-order chi connectivity index (χ0) is 12.3. The summed E-state index contributed by atoms with van der Waals surface area (Å²) < 4.78 is 11.2. The summed E-state index contributed by atoms with van der Waals surface area (Å²) in [4.78, 5) is 0. The Morgan fingerprint density at radius 3 is 2.88 bits per heavy atom. The molecule has 1 unspecified atom stereocenters. The minimum Gasteiger partial charge on any atom is -0.496 e. The molecule has 0 bridgehead atoms. The Kier molecular flexibility index (Phi) is 4.02. The Bertz CT molecular complexity index is 384. The number of ether oxygens (including phenoxy) is 2. The van der Waals surface area contributed by atoms with E-state index in [1.165, 1.54) is 16.7 Å². The van der Waals surface area contributed by atoms with E-state index in [1.54, 1.807) is 7.11 Å². The summed E-state index contributed by atoms with van der Waals surface area (Å²) in [5, 5.41) is 3.36. The number of hydrogen-bond donors (Lipinski definition) is 1. The lowest BCUT2D eigenvalue weighted by molar-refractivity contribution is 0.0289. The number of benzene rings is 1. The van der Waals surface area contributed by atoms with Crippen molar-refractivity contribution in [2.45, 2.75) is 26.4 Å². The largest absolute Gasteiger partial charge is 0.496 e. The molecule has 1 aromatic carbocycles. The maximum atomic E-state index is 5.74. The molecule has 0 saturated carbocycles. The zero-order valence-corrected chi connectivity index (χ0v) is 10.9. The minimum atomic E-state index is 0.263. The maximum Gasteiger partial charge on any atom is 0.125 e. The third kappa shape index (κ3) is 2.99. The third-order valence-corrected chi connectivity index (χ3v) is 3.15. The van der Waals surface area contributed by atoms with E-state index in [-0.39, 0.29) is 6.10 Å². The molecule has 1 saturated heterocycles. The molecule has 1 aliphatic rings. The smallest absolute Gasteiger partial charge is 0.125 e. The van der Waals surface area contributed by atoms with Crippen molar-refractivity contribution in [3.8, 4) is 5.75 Å². The highest BCUT2D eigenvalue weighted by atomic mass is 16.5. The highest BCUT2D eigenvalue weighted by Crippen LogP contribution is 2.26. The Balaban J connectivity index is 2.18. The highest BCUT2D eigenvalue weighted by Gasteiger charge is 2.17. The van der Waals surface area contributed by atoms with Crippen LogP contribution >= 0.6 is 0 Å². The summed E-state index contributed by atoms with van der Waals surface area (Å²) in [7, 11) is 1.74. The standard InChI is InChI=1S/C14H21NO2/c1-10-6-11(2)14(16-3)12(7-10)8-13-9-15-4-5-17-13/h6-7,13,15H,4-5,8-9H2,1-3H3. The van der Waals surface area contributed by atoms with Gasteiger partial charge in [0.15, 0.2) is 0 Å². The molecule has 0 spiro atoms. The number of methoxy groups -OCH3 is 1. The number of hydrogen-bond acceptors (Lipinski definition) is 3. The Morgan fingerprint density at radius 1 is 1.41 bits per heavy atom. The summed E-state index contributed by atoms with van der Waals surface area (Å²) in [5.41, 5.74) is 3.73. The van der Waals surface area contributed by atoms with E-state index in [0.717, 1.165) is 31.9 Å². The second-order valence-electron chi connectivity index (χ2n) is 4.68. The predicted molar refractivity (Wildman–Crippen MR) is 68.8 cm³/mol. The maximum absolute atomic E-state index is 5.74. The first-order valence-corrected chi connectivity index (χ1v) is 6.17. The second-order valence-corrected chi connectivity index (χ2v) is 4.68. The van der Waals surface area contributed by atoms with Gasteiger partial charge >= 0.3 is 0 Å². The van der Waals surface area contributed by atoms with Crippen LogP contribution in [0.5, 0.6) is 5.75 Å². The normalized spacial score (nSPS) is 20.3. The average Bonchev–Trinajstić information content (AvgIpc) is 2.30. The molecular formula is C14H21NO2. The van der Waals surface area contributed by atoms with Gasteiger partial charge in [-0.05, 0) is 25.0 Å². The van der Waals surface area contributed by atoms with Crippen molar-refractivity contribution in [3.05, 3.63) is 28.8 Å². The molecule has 0 amide bonds. The van der Waals surface area contributed by atoms with E-state index in [4.69, 9.17) is 9.47 Å². The monoisotopic (exact) mass is 235 g/mol. The van der Waals surface area contributed by atoms with Crippen LogP contribution in [0.3, 0.4) is 0 Å². The van der Waals surface area contributed by atoms with Gasteiger partial charge in [0.2, 0.25) is 0 Å². The van der Waals surface area contributed by atoms with Gasteiger partial charge in [-0.2, -0.15) is 0 Å². The van der Waals surface area contributed by atoms with Crippen LogP contribution in [0.1, 0.15) is 16.7 Å². The van der Waals surface area contributed by atoms with E-state index >= 15 is 0 Å². The van der Waals surface area contributed by atoms with Crippen molar-refractivity contribution in [2.75, 3.05) is 26.8 Å². The Morgan fingerprint density at radius 2 is 2.24 bits per heavy atom. The first-order chi connectivity index (χ1) is 8.20. The molecule has 94 valence electrons. The van der Waals surface area contributed by atoms with Gasteiger partial charge in [0, 0.05) is 19.5 Å².